The number of hydrogen-bond acceptors (Lipinski definition) is 6. The molecule has 4 aromatic rings. The fourth-order valence-electron chi connectivity index (χ4n) is 6.04. The van der Waals surface area contributed by atoms with Crippen LogP contribution in [0.1, 0.15) is 48.7 Å². The van der Waals surface area contributed by atoms with Crippen LogP contribution in [0.15, 0.2) is 53.1 Å². The number of carbonyl (C=O) groups is 1. The molecule has 2 aliphatic rings. The van der Waals surface area contributed by atoms with Gasteiger partial charge in [0.2, 0.25) is 0 Å². The van der Waals surface area contributed by atoms with E-state index in [2.05, 4.69) is 27.0 Å². The molecule has 0 unspecified atom stereocenters. The van der Waals surface area contributed by atoms with Crippen LogP contribution in [0.3, 0.4) is 0 Å². The van der Waals surface area contributed by atoms with Crippen molar-refractivity contribution in [1.29, 1.82) is 0 Å². The molecule has 0 aliphatic carbocycles. The molecular formula is C31H39Cl2FN4O4. The van der Waals surface area contributed by atoms with Crippen LogP contribution < -0.4 is 10.1 Å². The number of nitrogens with zero attached hydrogens (tertiary/aromatic N) is 2. The number of amides is 1. The van der Waals surface area contributed by atoms with Gasteiger partial charge < -0.3 is 29.5 Å². The van der Waals surface area contributed by atoms with Crippen LogP contribution >= 0.6 is 24.8 Å². The van der Waals surface area contributed by atoms with Crippen LogP contribution in [0.2, 0.25) is 0 Å². The summed E-state index contributed by atoms with van der Waals surface area (Å²) >= 11 is 0. The molecular weight excluding hydrogens is 582 g/mol. The number of ether oxygens (including phenoxy) is 1. The van der Waals surface area contributed by atoms with Gasteiger partial charge in [-0.2, -0.15) is 0 Å². The maximum Gasteiger partial charge on any atom is 0.267 e. The molecule has 2 aromatic carbocycles. The number of aromatic amines is 1. The molecule has 42 heavy (non-hydrogen) atoms. The van der Waals surface area contributed by atoms with Crippen molar-refractivity contribution in [2.45, 2.75) is 57.4 Å². The number of aliphatic hydroxyl groups is 1. The average molecular weight is 622 g/mol. The molecule has 2 aliphatic heterocycles. The van der Waals surface area contributed by atoms with Crippen molar-refractivity contribution >= 4 is 52.6 Å². The molecule has 2 aromatic heterocycles. The Morgan fingerprint density at radius 3 is 2.62 bits per heavy atom. The number of benzene rings is 2. The standard InChI is InChI=1S/C31H37FN4O4.2ClH/c1-20(36-13-9-24(37)10-14-36)17-35-11-7-23(8-12-35)33-31(38)28-16-26-27(34-28)3-2-4-29(26)39-18-21-19-40-30-15-22(32)5-6-25(21)30;;/h2-6,15-16,19-20,23-24,34,37H,7-14,17-18H2,1H3,(H,33,38);2*1H/t20-;;/m0../s1. The molecule has 1 amide bonds. The first-order valence-electron chi connectivity index (χ1n) is 14.3. The Bertz CT molecular complexity index is 1480. The topological polar surface area (TPSA) is 94.0 Å². The van der Waals surface area contributed by atoms with Crippen molar-refractivity contribution in [3.05, 3.63) is 65.8 Å². The summed E-state index contributed by atoms with van der Waals surface area (Å²) in [6.45, 7) is 7.42. The number of carbonyl (C=O) groups excluding carboxylic acids is 1. The molecule has 4 heterocycles. The van der Waals surface area contributed by atoms with Crippen molar-refractivity contribution in [3.63, 3.8) is 0 Å². The van der Waals surface area contributed by atoms with Crippen LogP contribution in [0.5, 0.6) is 5.75 Å². The maximum absolute atomic E-state index is 13.5. The molecule has 0 saturated carbocycles. The number of H-pyrrole nitrogens is 1. The Morgan fingerprint density at radius 2 is 1.86 bits per heavy atom. The summed E-state index contributed by atoms with van der Waals surface area (Å²) in [6, 6.07) is 12.6. The van der Waals surface area contributed by atoms with Crippen molar-refractivity contribution in [1.82, 2.24) is 20.1 Å². The number of aliphatic hydroxyl groups excluding tert-OH is 1. The minimum atomic E-state index is -0.340. The summed E-state index contributed by atoms with van der Waals surface area (Å²) in [7, 11) is 0. The first-order valence-corrected chi connectivity index (χ1v) is 14.3. The quantitative estimate of drug-likeness (QED) is 0.240. The van der Waals surface area contributed by atoms with Gasteiger partial charge in [-0.25, -0.2) is 4.39 Å². The van der Waals surface area contributed by atoms with Gasteiger partial charge in [-0.05, 0) is 62.9 Å². The number of furan rings is 1. The Labute approximate surface area is 257 Å². The number of nitrogens with one attached hydrogen (secondary N) is 2. The smallest absolute Gasteiger partial charge is 0.267 e. The second-order valence-corrected chi connectivity index (χ2v) is 11.3. The zero-order valence-electron chi connectivity index (χ0n) is 23.7. The van der Waals surface area contributed by atoms with Gasteiger partial charge in [0, 0.05) is 72.7 Å². The number of fused-ring (bicyclic) bond motifs is 2. The van der Waals surface area contributed by atoms with E-state index in [4.69, 9.17) is 9.15 Å². The van der Waals surface area contributed by atoms with E-state index in [9.17, 15) is 14.3 Å². The van der Waals surface area contributed by atoms with E-state index in [1.807, 2.05) is 24.3 Å². The normalized spacial score (nSPS) is 18.0. The molecule has 0 bridgehead atoms. The lowest BCUT2D eigenvalue weighted by molar-refractivity contribution is 0.0497. The SMILES string of the molecule is C[C@@H](CN1CCC(NC(=O)c2cc3c(OCc4coc5cc(F)ccc45)cccc3[nH]2)CC1)N1CCC(O)CC1.Cl.Cl. The molecule has 0 radical (unpaired) electrons. The lowest BCUT2D eigenvalue weighted by Gasteiger charge is -2.39. The third-order valence-corrected chi connectivity index (χ3v) is 8.44. The van der Waals surface area contributed by atoms with Gasteiger partial charge in [-0.15, -0.1) is 24.8 Å². The first-order chi connectivity index (χ1) is 19.4. The molecule has 2 saturated heterocycles. The van der Waals surface area contributed by atoms with E-state index < -0.39 is 0 Å². The van der Waals surface area contributed by atoms with Crippen molar-refractivity contribution in [3.8, 4) is 5.75 Å². The van der Waals surface area contributed by atoms with Crippen LogP contribution in [-0.4, -0.2) is 76.7 Å². The molecule has 6 rings (SSSR count). The van der Waals surface area contributed by atoms with E-state index in [0.717, 1.165) is 80.3 Å². The van der Waals surface area contributed by atoms with Crippen LogP contribution in [-0.2, 0) is 6.61 Å². The summed E-state index contributed by atoms with van der Waals surface area (Å²) in [4.78, 5) is 21.4. The minimum absolute atomic E-state index is 0. The van der Waals surface area contributed by atoms with E-state index in [1.165, 1.54) is 12.1 Å². The maximum atomic E-state index is 13.5. The third-order valence-electron chi connectivity index (χ3n) is 8.44. The number of piperidine rings is 2. The molecule has 8 nitrogen and oxygen atoms in total. The second-order valence-electron chi connectivity index (χ2n) is 11.3. The Kier molecular flexibility index (Phi) is 10.8. The van der Waals surface area contributed by atoms with Gasteiger partial charge in [0.05, 0.1) is 12.4 Å². The highest BCUT2D eigenvalue weighted by Crippen LogP contribution is 2.29. The second kappa shape index (κ2) is 14.1. The third kappa shape index (κ3) is 7.21. The molecule has 228 valence electrons. The lowest BCUT2D eigenvalue weighted by Crippen LogP contribution is -2.50. The highest BCUT2D eigenvalue weighted by molar-refractivity contribution is 5.99. The minimum Gasteiger partial charge on any atom is -0.488 e. The highest BCUT2D eigenvalue weighted by atomic mass is 35.5. The number of halogens is 3. The van der Waals surface area contributed by atoms with Crippen LogP contribution in [0.25, 0.3) is 21.9 Å². The first kappa shape index (κ1) is 32.1. The van der Waals surface area contributed by atoms with Gasteiger partial charge in [0.1, 0.15) is 29.5 Å². The van der Waals surface area contributed by atoms with Gasteiger partial charge in [-0.1, -0.05) is 6.07 Å². The Hall–Kier alpha value is -2.82. The zero-order valence-corrected chi connectivity index (χ0v) is 25.3. The monoisotopic (exact) mass is 620 g/mol. The average Bonchev–Trinajstić information content (AvgIpc) is 3.57. The van der Waals surface area contributed by atoms with E-state index in [1.54, 1.807) is 12.3 Å². The predicted molar refractivity (Wildman–Crippen MR) is 167 cm³/mol. The largest absolute Gasteiger partial charge is 0.488 e. The van der Waals surface area contributed by atoms with E-state index in [-0.39, 0.29) is 55.3 Å². The summed E-state index contributed by atoms with van der Waals surface area (Å²) in [6.07, 6.45) is 5.02. The van der Waals surface area contributed by atoms with Crippen LogP contribution in [0.4, 0.5) is 4.39 Å². The van der Waals surface area contributed by atoms with Crippen molar-refractivity contribution in [2.24, 2.45) is 0 Å². The molecule has 3 N–H and O–H groups in total. The summed E-state index contributed by atoms with van der Waals surface area (Å²) in [5.41, 5.74) is 2.66. The van der Waals surface area contributed by atoms with E-state index >= 15 is 0 Å². The molecule has 1 atom stereocenters. The number of hydrogen-bond donors (Lipinski definition) is 3. The van der Waals surface area contributed by atoms with Crippen molar-refractivity contribution < 1.29 is 23.4 Å². The zero-order chi connectivity index (χ0) is 27.6. The number of rotatable bonds is 8. The van der Waals surface area contributed by atoms with E-state index in [0.29, 0.717) is 23.1 Å². The van der Waals surface area contributed by atoms with Crippen LogP contribution in [0, 0.1) is 5.82 Å². The van der Waals surface area contributed by atoms with Gasteiger partial charge in [0.25, 0.3) is 5.91 Å². The number of likely N-dealkylation sites (tertiary alicyclic amines) is 2. The lowest BCUT2D eigenvalue weighted by atomic mass is 10.0. The molecule has 2 fully saturated rings. The molecule has 11 heteroatoms. The highest BCUT2D eigenvalue weighted by Gasteiger charge is 2.26. The fourth-order valence-corrected chi connectivity index (χ4v) is 6.04. The van der Waals surface area contributed by atoms with Crippen molar-refractivity contribution in [2.75, 3.05) is 32.7 Å². The van der Waals surface area contributed by atoms with Gasteiger partial charge in [-0.3, -0.25) is 9.69 Å². The summed E-state index contributed by atoms with van der Waals surface area (Å²) < 4.78 is 25.1. The summed E-state index contributed by atoms with van der Waals surface area (Å²) in [5.74, 6) is 0.214. The Balaban J connectivity index is 0.00000202. The predicted octanol–water partition coefficient (Wildman–Crippen LogP) is 5.52. The Morgan fingerprint density at radius 1 is 1.10 bits per heavy atom. The molecule has 0 spiro atoms. The fraction of sp³-hybridized carbons (Fsp3) is 0.452. The number of aromatic nitrogens is 1. The van der Waals surface area contributed by atoms with Gasteiger partial charge >= 0.3 is 0 Å². The summed E-state index contributed by atoms with van der Waals surface area (Å²) in [5, 5.41) is 14.6. The van der Waals surface area contributed by atoms with Gasteiger partial charge in [0.15, 0.2) is 0 Å².